The molecule has 200 valence electrons. The van der Waals surface area contributed by atoms with Crippen molar-refractivity contribution in [2.24, 2.45) is 0 Å². The second-order valence-electron chi connectivity index (χ2n) is 10.3. The maximum absolute atomic E-state index is 14.2. The molecule has 0 radical (unpaired) electrons. The Morgan fingerprint density at radius 2 is 1.54 bits per heavy atom. The van der Waals surface area contributed by atoms with Gasteiger partial charge in [-0.25, -0.2) is 14.1 Å². The maximum Gasteiger partial charge on any atom is 0.140 e. The highest BCUT2D eigenvalue weighted by Gasteiger charge is 2.17. The number of aryl methyl sites for hydroxylation is 2. The van der Waals surface area contributed by atoms with Gasteiger partial charge in [0.15, 0.2) is 0 Å². The Morgan fingerprint density at radius 1 is 0.707 bits per heavy atom. The number of nitrogens with zero attached hydrogens (tertiary/aromatic N) is 4. The smallest absolute Gasteiger partial charge is 0.140 e. The zero-order chi connectivity index (χ0) is 28.1. The van der Waals surface area contributed by atoms with Gasteiger partial charge in [-0.05, 0) is 68.8 Å². The standard InChI is InChI=1S/C35H27FN4O/c1-22-12-15-32-31(18-22)30-14-13-29(21-33(30)39(32)34-19-26(36)16-17-37-34)41-28-11-7-10-27(20-28)40-24(3)35(23(2)38-40)25-8-5-4-6-9-25/h4-21H,1-3H3. The summed E-state index contributed by atoms with van der Waals surface area (Å²) in [5.74, 6) is 1.55. The fourth-order valence-electron chi connectivity index (χ4n) is 5.67. The summed E-state index contributed by atoms with van der Waals surface area (Å²) >= 11 is 0. The van der Waals surface area contributed by atoms with Crippen LogP contribution in [0.5, 0.6) is 11.5 Å². The molecule has 0 aliphatic heterocycles. The molecule has 7 aromatic rings. The molecule has 3 heterocycles. The molecule has 0 N–H and O–H groups in total. The number of rotatable bonds is 5. The van der Waals surface area contributed by atoms with E-state index in [1.807, 2.05) is 70.8 Å². The van der Waals surface area contributed by atoms with Crippen LogP contribution in [-0.2, 0) is 0 Å². The summed E-state index contributed by atoms with van der Waals surface area (Å²) in [5, 5.41) is 6.98. The summed E-state index contributed by atoms with van der Waals surface area (Å²) in [7, 11) is 0. The van der Waals surface area contributed by atoms with Crippen molar-refractivity contribution < 1.29 is 9.13 Å². The van der Waals surface area contributed by atoms with Gasteiger partial charge in [0.1, 0.15) is 23.1 Å². The third-order valence-corrected chi connectivity index (χ3v) is 7.48. The summed E-state index contributed by atoms with van der Waals surface area (Å²) in [5.41, 5.74) is 8.24. The third-order valence-electron chi connectivity index (χ3n) is 7.48. The van der Waals surface area contributed by atoms with Crippen molar-refractivity contribution in [3.63, 3.8) is 0 Å². The Kier molecular flexibility index (Phi) is 5.89. The average molecular weight is 539 g/mol. The van der Waals surface area contributed by atoms with E-state index >= 15 is 0 Å². The van der Waals surface area contributed by atoms with E-state index in [9.17, 15) is 4.39 Å². The number of benzene rings is 4. The lowest BCUT2D eigenvalue weighted by Crippen LogP contribution is -1.99. The third kappa shape index (κ3) is 4.34. The molecular formula is C35H27FN4O. The van der Waals surface area contributed by atoms with Gasteiger partial charge in [0.2, 0.25) is 0 Å². The van der Waals surface area contributed by atoms with Gasteiger partial charge in [0.05, 0.1) is 22.4 Å². The van der Waals surface area contributed by atoms with E-state index < -0.39 is 0 Å². The van der Waals surface area contributed by atoms with Crippen molar-refractivity contribution in [1.29, 1.82) is 0 Å². The number of halogens is 1. The Bertz CT molecular complexity index is 2070. The number of fused-ring (bicyclic) bond motifs is 3. The summed E-state index contributed by atoms with van der Waals surface area (Å²) < 4.78 is 24.6. The van der Waals surface area contributed by atoms with Gasteiger partial charge in [0.25, 0.3) is 0 Å². The minimum absolute atomic E-state index is 0.332. The Labute approximate surface area is 237 Å². The quantitative estimate of drug-likeness (QED) is 0.220. The van der Waals surface area contributed by atoms with E-state index in [2.05, 4.69) is 55.2 Å². The van der Waals surface area contributed by atoms with Crippen LogP contribution in [0.2, 0.25) is 0 Å². The summed E-state index contributed by atoms with van der Waals surface area (Å²) in [6.07, 6.45) is 1.49. The Morgan fingerprint density at radius 3 is 2.37 bits per heavy atom. The van der Waals surface area contributed by atoms with Crippen molar-refractivity contribution >= 4 is 21.8 Å². The summed E-state index contributed by atoms with van der Waals surface area (Å²) in [4.78, 5) is 4.48. The molecule has 0 bridgehead atoms. The number of ether oxygens (including phenoxy) is 1. The molecule has 5 nitrogen and oxygen atoms in total. The molecule has 3 aromatic heterocycles. The van der Waals surface area contributed by atoms with Gasteiger partial charge in [-0.2, -0.15) is 5.10 Å². The molecule has 0 aliphatic rings. The first-order valence-corrected chi connectivity index (χ1v) is 13.5. The van der Waals surface area contributed by atoms with Crippen LogP contribution in [0.25, 0.3) is 44.4 Å². The number of hydrogen-bond donors (Lipinski definition) is 0. The van der Waals surface area contributed by atoms with E-state index in [4.69, 9.17) is 9.84 Å². The molecule has 6 heteroatoms. The van der Waals surface area contributed by atoms with Crippen LogP contribution < -0.4 is 4.74 Å². The van der Waals surface area contributed by atoms with Crippen LogP contribution in [0.4, 0.5) is 4.39 Å². The first-order valence-electron chi connectivity index (χ1n) is 13.5. The largest absolute Gasteiger partial charge is 0.457 e. The monoisotopic (exact) mass is 538 g/mol. The molecular weight excluding hydrogens is 511 g/mol. The fraction of sp³-hybridized carbons (Fsp3) is 0.0857. The van der Waals surface area contributed by atoms with Gasteiger partial charge >= 0.3 is 0 Å². The lowest BCUT2D eigenvalue weighted by Gasteiger charge is -2.11. The first kappa shape index (κ1) is 24.8. The highest BCUT2D eigenvalue weighted by Crippen LogP contribution is 2.36. The van der Waals surface area contributed by atoms with Gasteiger partial charge in [-0.1, -0.05) is 48.0 Å². The molecule has 0 saturated carbocycles. The number of hydrogen-bond acceptors (Lipinski definition) is 3. The molecule has 7 rings (SSSR count). The van der Waals surface area contributed by atoms with Gasteiger partial charge in [0, 0.05) is 46.4 Å². The zero-order valence-corrected chi connectivity index (χ0v) is 23.0. The molecule has 0 unspecified atom stereocenters. The highest BCUT2D eigenvalue weighted by atomic mass is 19.1. The van der Waals surface area contributed by atoms with Crippen LogP contribution in [-0.4, -0.2) is 19.3 Å². The van der Waals surface area contributed by atoms with Crippen molar-refractivity contribution in [2.45, 2.75) is 20.8 Å². The van der Waals surface area contributed by atoms with E-state index in [1.54, 1.807) is 0 Å². The van der Waals surface area contributed by atoms with E-state index in [0.29, 0.717) is 17.3 Å². The van der Waals surface area contributed by atoms with E-state index in [1.165, 1.54) is 18.3 Å². The average Bonchev–Trinajstić information content (AvgIpc) is 3.46. The minimum atomic E-state index is -0.332. The van der Waals surface area contributed by atoms with E-state index in [0.717, 1.165) is 55.6 Å². The highest BCUT2D eigenvalue weighted by molar-refractivity contribution is 6.09. The maximum atomic E-state index is 14.2. The van der Waals surface area contributed by atoms with Gasteiger partial charge in [-0.15, -0.1) is 0 Å². The van der Waals surface area contributed by atoms with Crippen LogP contribution in [0.3, 0.4) is 0 Å². The number of aromatic nitrogens is 4. The predicted molar refractivity (Wildman–Crippen MR) is 162 cm³/mol. The lowest BCUT2D eigenvalue weighted by molar-refractivity contribution is 0.482. The summed E-state index contributed by atoms with van der Waals surface area (Å²) in [6, 6.07) is 33.3. The van der Waals surface area contributed by atoms with Crippen molar-refractivity contribution in [3.8, 4) is 34.1 Å². The predicted octanol–water partition coefficient (Wildman–Crippen LogP) is 8.89. The normalized spacial score (nSPS) is 11.4. The zero-order valence-electron chi connectivity index (χ0n) is 23.0. The molecule has 41 heavy (non-hydrogen) atoms. The first-order chi connectivity index (χ1) is 20.0. The van der Waals surface area contributed by atoms with Crippen LogP contribution in [0.1, 0.15) is 17.0 Å². The molecule has 4 aromatic carbocycles. The fourth-order valence-corrected chi connectivity index (χ4v) is 5.67. The van der Waals surface area contributed by atoms with Crippen LogP contribution >= 0.6 is 0 Å². The lowest BCUT2D eigenvalue weighted by atomic mass is 10.0. The number of pyridine rings is 1. The van der Waals surface area contributed by atoms with Crippen molar-refractivity contribution in [2.75, 3.05) is 0 Å². The topological polar surface area (TPSA) is 44.9 Å². The van der Waals surface area contributed by atoms with Gasteiger partial charge < -0.3 is 4.74 Å². The van der Waals surface area contributed by atoms with Crippen LogP contribution in [0, 0.1) is 26.6 Å². The molecule has 0 spiro atoms. The van der Waals surface area contributed by atoms with Gasteiger partial charge in [-0.3, -0.25) is 4.57 Å². The minimum Gasteiger partial charge on any atom is -0.457 e. The molecule has 0 fully saturated rings. The molecule has 0 amide bonds. The second-order valence-corrected chi connectivity index (χ2v) is 10.3. The molecule has 0 saturated heterocycles. The van der Waals surface area contributed by atoms with Crippen molar-refractivity contribution in [1.82, 2.24) is 19.3 Å². The van der Waals surface area contributed by atoms with Crippen molar-refractivity contribution in [3.05, 3.63) is 132 Å². The Balaban J connectivity index is 1.30. The SMILES string of the molecule is Cc1ccc2c(c1)c1ccc(Oc3cccc(-n4nc(C)c(-c5ccccc5)c4C)c3)cc1n2-c1cc(F)ccn1. The Hall–Kier alpha value is -5.23. The van der Waals surface area contributed by atoms with E-state index in [-0.39, 0.29) is 5.82 Å². The molecule has 0 aliphatic carbocycles. The molecule has 0 atom stereocenters. The van der Waals surface area contributed by atoms with Crippen LogP contribution in [0.15, 0.2) is 109 Å². The summed E-state index contributed by atoms with van der Waals surface area (Å²) in [6.45, 7) is 6.19. The second kappa shape index (κ2) is 9.75.